The zero-order valence-corrected chi connectivity index (χ0v) is 15.8. The van der Waals surface area contributed by atoms with Gasteiger partial charge in [-0.05, 0) is 47.5 Å². The summed E-state index contributed by atoms with van der Waals surface area (Å²) < 4.78 is 5.36. The molecule has 0 bridgehead atoms. The molecule has 5 heteroatoms. The highest BCUT2D eigenvalue weighted by molar-refractivity contribution is 7.99. The lowest BCUT2D eigenvalue weighted by Crippen LogP contribution is -2.24. The van der Waals surface area contributed by atoms with Gasteiger partial charge in [-0.2, -0.15) is 0 Å². The van der Waals surface area contributed by atoms with Gasteiger partial charge in [0.25, 0.3) is 0 Å². The monoisotopic (exact) mass is 366 g/mol. The fraction of sp³-hybridized carbons (Fsp3) is 0.238. The third kappa shape index (κ3) is 5.23. The summed E-state index contributed by atoms with van der Waals surface area (Å²) in [5.74, 6) is 0.725. The molecule has 0 aliphatic carbocycles. The SMILES string of the molecule is CC(C)Sc1ccc(CC(=O)NCc2ccnc(-c3ccco3)c2)cc1. The van der Waals surface area contributed by atoms with E-state index < -0.39 is 0 Å². The molecular weight excluding hydrogens is 344 g/mol. The third-order valence-electron chi connectivity index (χ3n) is 3.75. The zero-order valence-electron chi connectivity index (χ0n) is 14.9. The van der Waals surface area contributed by atoms with E-state index in [1.54, 1.807) is 12.5 Å². The molecule has 0 aliphatic rings. The molecule has 2 aromatic heterocycles. The average molecular weight is 366 g/mol. The van der Waals surface area contributed by atoms with Gasteiger partial charge in [-0.15, -0.1) is 11.8 Å². The first kappa shape index (κ1) is 18.3. The Hall–Kier alpha value is -2.53. The van der Waals surface area contributed by atoms with E-state index in [0.29, 0.717) is 18.2 Å². The van der Waals surface area contributed by atoms with E-state index >= 15 is 0 Å². The number of carbonyl (C=O) groups is 1. The molecule has 0 radical (unpaired) electrons. The number of rotatable bonds is 7. The number of amides is 1. The van der Waals surface area contributed by atoms with E-state index in [2.05, 4.69) is 36.3 Å². The standard InChI is InChI=1S/C21H22N2O2S/c1-15(2)26-18-7-5-16(6-8-18)13-21(24)23-14-17-9-10-22-19(12-17)20-4-3-11-25-20/h3-12,15H,13-14H2,1-2H3,(H,23,24). The van der Waals surface area contributed by atoms with Gasteiger partial charge in [-0.25, -0.2) is 0 Å². The van der Waals surface area contributed by atoms with Crippen LogP contribution >= 0.6 is 11.8 Å². The van der Waals surface area contributed by atoms with Crippen LogP contribution in [0.5, 0.6) is 0 Å². The molecule has 0 saturated heterocycles. The molecule has 0 aliphatic heterocycles. The minimum absolute atomic E-state index is 0.00521. The van der Waals surface area contributed by atoms with Gasteiger partial charge in [0.05, 0.1) is 12.7 Å². The smallest absolute Gasteiger partial charge is 0.224 e. The first-order valence-electron chi connectivity index (χ1n) is 8.61. The summed E-state index contributed by atoms with van der Waals surface area (Å²) in [5, 5.41) is 3.52. The van der Waals surface area contributed by atoms with Crippen LogP contribution in [-0.4, -0.2) is 16.1 Å². The van der Waals surface area contributed by atoms with Crippen molar-refractivity contribution < 1.29 is 9.21 Å². The van der Waals surface area contributed by atoms with Crippen molar-refractivity contribution in [3.8, 4) is 11.5 Å². The van der Waals surface area contributed by atoms with Crippen molar-refractivity contribution in [2.75, 3.05) is 0 Å². The highest BCUT2D eigenvalue weighted by Gasteiger charge is 2.07. The van der Waals surface area contributed by atoms with Crippen molar-refractivity contribution >= 4 is 17.7 Å². The quantitative estimate of drug-likeness (QED) is 0.616. The predicted molar refractivity (Wildman–Crippen MR) is 105 cm³/mol. The number of nitrogens with one attached hydrogen (secondary N) is 1. The molecule has 1 N–H and O–H groups in total. The van der Waals surface area contributed by atoms with Crippen LogP contribution in [-0.2, 0) is 17.8 Å². The summed E-state index contributed by atoms with van der Waals surface area (Å²) in [5.41, 5.74) is 2.77. The molecule has 0 atom stereocenters. The lowest BCUT2D eigenvalue weighted by Gasteiger charge is -2.08. The van der Waals surface area contributed by atoms with Crippen LogP contribution in [0.2, 0.25) is 0 Å². The molecule has 0 unspecified atom stereocenters. The maximum atomic E-state index is 12.2. The largest absolute Gasteiger partial charge is 0.463 e. The highest BCUT2D eigenvalue weighted by atomic mass is 32.2. The van der Waals surface area contributed by atoms with Gasteiger partial charge in [0.15, 0.2) is 5.76 Å². The highest BCUT2D eigenvalue weighted by Crippen LogP contribution is 2.23. The summed E-state index contributed by atoms with van der Waals surface area (Å²) >= 11 is 1.82. The van der Waals surface area contributed by atoms with Crippen LogP contribution in [0.4, 0.5) is 0 Å². The fourth-order valence-electron chi connectivity index (χ4n) is 2.55. The molecule has 4 nitrogen and oxygen atoms in total. The number of benzene rings is 1. The molecule has 2 heterocycles. The average Bonchev–Trinajstić information content (AvgIpc) is 3.16. The first-order chi connectivity index (χ1) is 12.6. The summed E-state index contributed by atoms with van der Waals surface area (Å²) in [6.07, 6.45) is 3.73. The van der Waals surface area contributed by atoms with Crippen molar-refractivity contribution in [2.24, 2.45) is 0 Å². The maximum absolute atomic E-state index is 12.2. The van der Waals surface area contributed by atoms with Crippen molar-refractivity contribution in [3.05, 3.63) is 72.1 Å². The Morgan fingerprint density at radius 2 is 1.96 bits per heavy atom. The Labute approximate surface area is 158 Å². The van der Waals surface area contributed by atoms with E-state index in [1.807, 2.05) is 48.2 Å². The molecule has 1 amide bonds. The number of pyridine rings is 1. The molecule has 134 valence electrons. The van der Waals surface area contributed by atoms with Crippen molar-refractivity contribution in [1.82, 2.24) is 10.3 Å². The number of nitrogens with zero attached hydrogens (tertiary/aromatic N) is 1. The van der Waals surface area contributed by atoms with Gasteiger partial charge >= 0.3 is 0 Å². The van der Waals surface area contributed by atoms with Crippen molar-refractivity contribution in [3.63, 3.8) is 0 Å². The number of aromatic nitrogens is 1. The van der Waals surface area contributed by atoms with Gasteiger partial charge in [0, 0.05) is 22.9 Å². The number of thioether (sulfide) groups is 1. The molecule has 3 aromatic rings. The Balaban J connectivity index is 1.53. The minimum atomic E-state index is 0.00521. The number of hydrogen-bond acceptors (Lipinski definition) is 4. The van der Waals surface area contributed by atoms with E-state index in [1.165, 1.54) is 4.90 Å². The summed E-state index contributed by atoms with van der Waals surface area (Å²) in [4.78, 5) is 17.7. The van der Waals surface area contributed by atoms with E-state index in [4.69, 9.17) is 4.42 Å². The first-order valence-corrected chi connectivity index (χ1v) is 9.49. The van der Waals surface area contributed by atoms with Gasteiger partial charge in [0.2, 0.25) is 5.91 Å². The second kappa shape index (κ2) is 8.72. The van der Waals surface area contributed by atoms with Crippen molar-refractivity contribution in [2.45, 2.75) is 37.0 Å². The molecule has 1 aromatic carbocycles. The number of carbonyl (C=O) groups excluding carboxylic acids is 1. The molecule has 0 spiro atoms. The molecule has 3 rings (SSSR count). The van der Waals surface area contributed by atoms with Crippen LogP contribution in [0.15, 0.2) is 70.3 Å². The Bertz CT molecular complexity index is 843. The maximum Gasteiger partial charge on any atom is 0.224 e. The van der Waals surface area contributed by atoms with Gasteiger partial charge in [-0.3, -0.25) is 9.78 Å². The van der Waals surface area contributed by atoms with E-state index in [9.17, 15) is 4.79 Å². The summed E-state index contributed by atoms with van der Waals surface area (Å²) in [6, 6.07) is 15.7. The normalized spacial score (nSPS) is 10.9. The fourth-order valence-corrected chi connectivity index (χ4v) is 3.39. The van der Waals surface area contributed by atoms with Crippen LogP contribution in [0.3, 0.4) is 0 Å². The van der Waals surface area contributed by atoms with Gasteiger partial charge in [-0.1, -0.05) is 26.0 Å². The van der Waals surface area contributed by atoms with Crippen molar-refractivity contribution in [1.29, 1.82) is 0 Å². The summed E-state index contributed by atoms with van der Waals surface area (Å²) in [6.45, 7) is 4.81. The van der Waals surface area contributed by atoms with Crippen LogP contribution < -0.4 is 5.32 Å². The van der Waals surface area contributed by atoms with Crippen LogP contribution in [0, 0.1) is 0 Å². The van der Waals surface area contributed by atoms with Crippen LogP contribution in [0.1, 0.15) is 25.0 Å². The topological polar surface area (TPSA) is 55.1 Å². The molecule has 0 fully saturated rings. The minimum Gasteiger partial charge on any atom is -0.463 e. The second-order valence-corrected chi connectivity index (χ2v) is 7.94. The zero-order chi connectivity index (χ0) is 18.4. The Kier molecular flexibility index (Phi) is 6.12. The van der Waals surface area contributed by atoms with Crippen LogP contribution in [0.25, 0.3) is 11.5 Å². The third-order valence-corrected chi connectivity index (χ3v) is 4.76. The second-order valence-electron chi connectivity index (χ2n) is 6.29. The Morgan fingerprint density at radius 1 is 1.15 bits per heavy atom. The number of hydrogen-bond donors (Lipinski definition) is 1. The van der Waals surface area contributed by atoms with E-state index in [-0.39, 0.29) is 5.91 Å². The molecule has 26 heavy (non-hydrogen) atoms. The molecule has 0 saturated carbocycles. The lowest BCUT2D eigenvalue weighted by atomic mass is 10.1. The predicted octanol–water partition coefficient (Wildman–Crippen LogP) is 4.70. The lowest BCUT2D eigenvalue weighted by molar-refractivity contribution is -0.120. The molecular formula is C21H22N2O2S. The van der Waals surface area contributed by atoms with Gasteiger partial charge in [0.1, 0.15) is 5.69 Å². The Morgan fingerprint density at radius 3 is 2.65 bits per heavy atom. The van der Waals surface area contributed by atoms with Gasteiger partial charge < -0.3 is 9.73 Å². The number of furan rings is 1. The van der Waals surface area contributed by atoms with E-state index in [0.717, 1.165) is 22.6 Å². The summed E-state index contributed by atoms with van der Waals surface area (Å²) in [7, 11) is 0.